The molecule has 0 aliphatic heterocycles. The van der Waals surface area contributed by atoms with Crippen LogP contribution in [-0.4, -0.2) is 21.1 Å². The van der Waals surface area contributed by atoms with Gasteiger partial charge in [-0.3, -0.25) is 0 Å². The molecule has 3 heterocycles. The molecule has 4 aromatic rings. The van der Waals surface area contributed by atoms with Crippen molar-refractivity contribution < 1.29 is 13.6 Å². The van der Waals surface area contributed by atoms with Crippen molar-refractivity contribution in [2.24, 2.45) is 5.10 Å². The van der Waals surface area contributed by atoms with Gasteiger partial charge in [0, 0.05) is 5.02 Å². The van der Waals surface area contributed by atoms with E-state index in [1.165, 1.54) is 4.68 Å². The molecule has 9 heteroatoms. The zero-order valence-corrected chi connectivity index (χ0v) is 15.4. The predicted molar refractivity (Wildman–Crippen MR) is 103 cm³/mol. The van der Waals surface area contributed by atoms with Gasteiger partial charge in [0.1, 0.15) is 23.9 Å². The Morgan fingerprint density at radius 2 is 2.19 bits per heavy atom. The van der Waals surface area contributed by atoms with Crippen molar-refractivity contribution in [1.29, 1.82) is 0 Å². The van der Waals surface area contributed by atoms with Gasteiger partial charge in [-0.05, 0) is 54.7 Å². The molecule has 0 bridgehead atoms. The molecule has 0 fully saturated rings. The molecule has 0 amide bonds. The van der Waals surface area contributed by atoms with Crippen molar-refractivity contribution >= 4 is 30.0 Å². The Bertz CT molecular complexity index is 1130. The van der Waals surface area contributed by atoms with E-state index in [0.29, 0.717) is 38.6 Å². The molecule has 7 nitrogen and oxygen atoms in total. The topological polar surface area (TPSA) is 81.5 Å². The Labute approximate surface area is 163 Å². The van der Waals surface area contributed by atoms with Gasteiger partial charge in [-0.15, -0.1) is 5.10 Å². The molecule has 3 aromatic heterocycles. The maximum absolute atomic E-state index is 5.94. The van der Waals surface area contributed by atoms with Gasteiger partial charge in [-0.2, -0.15) is 9.78 Å². The number of nitrogens with zero attached hydrogens (tertiary/aromatic N) is 3. The second kappa shape index (κ2) is 7.65. The molecule has 0 saturated heterocycles. The highest BCUT2D eigenvalue weighted by Crippen LogP contribution is 2.19. The lowest BCUT2D eigenvalue weighted by atomic mass is 10.3. The Morgan fingerprint density at radius 1 is 1.26 bits per heavy atom. The predicted octanol–water partition coefficient (Wildman–Crippen LogP) is 4.91. The third-order valence-corrected chi connectivity index (χ3v) is 4.05. The van der Waals surface area contributed by atoms with Crippen LogP contribution in [0.4, 0.5) is 0 Å². The highest BCUT2D eigenvalue weighted by molar-refractivity contribution is 7.71. The highest BCUT2D eigenvalue weighted by atomic mass is 35.5. The van der Waals surface area contributed by atoms with Crippen molar-refractivity contribution in [3.63, 3.8) is 0 Å². The molecule has 0 atom stereocenters. The summed E-state index contributed by atoms with van der Waals surface area (Å²) in [7, 11) is 0. The average Bonchev–Trinajstić information content (AvgIpc) is 3.40. The van der Waals surface area contributed by atoms with Crippen molar-refractivity contribution in [2.45, 2.75) is 6.61 Å². The van der Waals surface area contributed by atoms with Gasteiger partial charge in [0.2, 0.25) is 10.6 Å². The van der Waals surface area contributed by atoms with Crippen LogP contribution in [-0.2, 0) is 6.61 Å². The van der Waals surface area contributed by atoms with E-state index in [0.717, 1.165) is 0 Å². The third-order valence-electron chi connectivity index (χ3n) is 3.55. The quantitative estimate of drug-likeness (QED) is 0.367. The Hall–Kier alpha value is -3.10. The standard InChI is InChI=1S/C18H13ClN4O3S/c19-12-3-1-4-13(9-12)25-11-15-7-6-14(26-15)10-20-23-17(21-22-18(23)27)16-5-2-8-24-16/h1-10H,11H2,(H,22,27)/b20-10-. The molecule has 0 aliphatic carbocycles. The van der Waals surface area contributed by atoms with Crippen molar-refractivity contribution in [1.82, 2.24) is 14.9 Å². The number of H-pyrrole nitrogens is 1. The fourth-order valence-electron chi connectivity index (χ4n) is 2.33. The molecule has 0 radical (unpaired) electrons. The summed E-state index contributed by atoms with van der Waals surface area (Å²) in [4.78, 5) is 0. The second-order valence-electron chi connectivity index (χ2n) is 5.44. The number of aromatic amines is 1. The maximum Gasteiger partial charge on any atom is 0.219 e. The molecule has 0 saturated carbocycles. The summed E-state index contributed by atoms with van der Waals surface area (Å²) in [5.74, 6) is 2.89. The van der Waals surface area contributed by atoms with Gasteiger partial charge < -0.3 is 13.6 Å². The Morgan fingerprint density at radius 3 is 3.00 bits per heavy atom. The lowest BCUT2D eigenvalue weighted by Crippen LogP contribution is -1.94. The van der Waals surface area contributed by atoms with Gasteiger partial charge in [0.05, 0.1) is 12.5 Å². The SMILES string of the molecule is S=c1[nH]nc(-c2ccco2)n1/N=C\c1ccc(COc2cccc(Cl)c2)o1. The summed E-state index contributed by atoms with van der Waals surface area (Å²) in [5, 5.41) is 11.7. The molecule has 0 unspecified atom stereocenters. The molecule has 1 aromatic carbocycles. The summed E-state index contributed by atoms with van der Waals surface area (Å²) in [6.07, 6.45) is 3.10. The lowest BCUT2D eigenvalue weighted by molar-refractivity contribution is 0.270. The number of nitrogens with one attached hydrogen (secondary N) is 1. The molecule has 0 spiro atoms. The van der Waals surface area contributed by atoms with Crippen LogP contribution in [0.1, 0.15) is 11.5 Å². The number of rotatable bonds is 6. The molecule has 27 heavy (non-hydrogen) atoms. The van der Waals surface area contributed by atoms with Crippen molar-refractivity contribution in [3.8, 4) is 17.3 Å². The summed E-state index contributed by atoms with van der Waals surface area (Å²) in [5.41, 5.74) is 0. The molecule has 136 valence electrons. The van der Waals surface area contributed by atoms with E-state index in [9.17, 15) is 0 Å². The first kappa shape index (κ1) is 17.3. The van der Waals surface area contributed by atoms with Crippen LogP contribution in [0.3, 0.4) is 0 Å². The van der Waals surface area contributed by atoms with Crippen molar-refractivity contribution in [2.75, 3.05) is 0 Å². The van der Waals surface area contributed by atoms with Crippen LogP contribution >= 0.6 is 23.8 Å². The normalized spacial score (nSPS) is 11.3. The molecule has 0 aliphatic rings. The molecular formula is C18H13ClN4O3S. The monoisotopic (exact) mass is 400 g/mol. The minimum atomic E-state index is 0.275. The van der Waals surface area contributed by atoms with Gasteiger partial charge in [-0.25, -0.2) is 5.10 Å². The van der Waals surface area contributed by atoms with E-state index in [2.05, 4.69) is 15.3 Å². The van der Waals surface area contributed by atoms with Crippen molar-refractivity contribution in [3.05, 3.63) is 76.1 Å². The van der Waals surface area contributed by atoms with E-state index in [-0.39, 0.29) is 6.61 Å². The third kappa shape index (κ3) is 4.02. The average molecular weight is 401 g/mol. The largest absolute Gasteiger partial charge is 0.486 e. The van der Waals surface area contributed by atoms with Crippen LogP contribution in [0.2, 0.25) is 5.02 Å². The maximum atomic E-state index is 5.94. The molecule has 1 N–H and O–H groups in total. The van der Waals surface area contributed by atoms with Crippen LogP contribution in [0.15, 0.2) is 68.7 Å². The van der Waals surface area contributed by atoms with E-state index >= 15 is 0 Å². The number of aromatic nitrogens is 3. The first-order valence-electron chi connectivity index (χ1n) is 7.92. The number of hydrogen-bond donors (Lipinski definition) is 1. The zero-order chi connectivity index (χ0) is 18.6. The van der Waals surface area contributed by atoms with E-state index in [4.69, 9.17) is 37.4 Å². The number of ether oxygens (including phenoxy) is 1. The smallest absolute Gasteiger partial charge is 0.219 e. The fraction of sp³-hybridized carbons (Fsp3) is 0.0556. The minimum absolute atomic E-state index is 0.275. The van der Waals surface area contributed by atoms with Gasteiger partial charge in [0.15, 0.2) is 5.76 Å². The second-order valence-corrected chi connectivity index (χ2v) is 6.26. The first-order valence-corrected chi connectivity index (χ1v) is 8.70. The van der Waals surface area contributed by atoms with Crippen LogP contribution in [0.25, 0.3) is 11.6 Å². The van der Waals surface area contributed by atoms with Crippen LogP contribution in [0.5, 0.6) is 5.75 Å². The summed E-state index contributed by atoms with van der Waals surface area (Å²) >= 11 is 11.1. The summed E-state index contributed by atoms with van der Waals surface area (Å²) in [6.45, 7) is 0.275. The first-order chi connectivity index (χ1) is 13.2. The van der Waals surface area contributed by atoms with Gasteiger partial charge in [-0.1, -0.05) is 17.7 Å². The zero-order valence-electron chi connectivity index (χ0n) is 13.8. The number of furan rings is 2. The van der Waals surface area contributed by atoms with Gasteiger partial charge in [0.25, 0.3) is 0 Å². The number of hydrogen-bond acceptors (Lipinski definition) is 6. The lowest BCUT2D eigenvalue weighted by Gasteiger charge is -2.03. The van der Waals surface area contributed by atoms with Gasteiger partial charge >= 0.3 is 0 Å². The van der Waals surface area contributed by atoms with Crippen LogP contribution in [0, 0.1) is 4.77 Å². The number of halogens is 1. The highest BCUT2D eigenvalue weighted by Gasteiger charge is 2.10. The molecular weight excluding hydrogens is 388 g/mol. The minimum Gasteiger partial charge on any atom is -0.486 e. The van der Waals surface area contributed by atoms with E-state index < -0.39 is 0 Å². The van der Waals surface area contributed by atoms with Crippen LogP contribution < -0.4 is 4.74 Å². The summed E-state index contributed by atoms with van der Waals surface area (Å²) < 4.78 is 18.5. The summed E-state index contributed by atoms with van der Waals surface area (Å²) in [6, 6.07) is 14.3. The number of benzene rings is 1. The Kier molecular flexibility index (Phi) is 4.91. The Balaban J connectivity index is 1.47. The van der Waals surface area contributed by atoms with E-state index in [1.807, 2.05) is 18.2 Å². The van der Waals surface area contributed by atoms with E-state index in [1.54, 1.807) is 42.8 Å². The molecule has 4 rings (SSSR count). The fourth-order valence-corrected chi connectivity index (χ4v) is 2.69.